The molecule has 3 N–H and O–H groups in total. The zero-order valence-corrected chi connectivity index (χ0v) is 18.6. The van der Waals surface area contributed by atoms with Gasteiger partial charge in [0.05, 0.1) is 17.4 Å². The molecule has 1 unspecified atom stereocenters. The zero-order valence-electron chi connectivity index (χ0n) is 17.8. The van der Waals surface area contributed by atoms with Gasteiger partial charge in [-0.2, -0.15) is 13.2 Å². The van der Waals surface area contributed by atoms with E-state index in [-0.39, 0.29) is 29.7 Å². The SMILES string of the molecule is O=C(Nc1cnc(Cl)cc1C(CCO)C1CC1)c1ccnc(Nc2ccc(C(F)(F)F)cn2)c1. The summed E-state index contributed by atoms with van der Waals surface area (Å²) in [6.07, 6.45) is 1.79. The highest BCUT2D eigenvalue weighted by atomic mass is 35.5. The first-order chi connectivity index (χ1) is 16.2. The molecule has 1 fully saturated rings. The van der Waals surface area contributed by atoms with Gasteiger partial charge in [-0.15, -0.1) is 0 Å². The fourth-order valence-electron chi connectivity index (χ4n) is 3.74. The van der Waals surface area contributed by atoms with Crippen molar-refractivity contribution in [1.82, 2.24) is 15.0 Å². The first-order valence-electron chi connectivity index (χ1n) is 10.6. The van der Waals surface area contributed by atoms with E-state index in [1.54, 1.807) is 6.07 Å². The minimum atomic E-state index is -4.48. The number of pyridine rings is 3. The first-order valence-corrected chi connectivity index (χ1v) is 11.0. The summed E-state index contributed by atoms with van der Waals surface area (Å²) in [5.74, 6) is 0.453. The highest BCUT2D eigenvalue weighted by molar-refractivity contribution is 6.29. The number of amides is 1. The average Bonchev–Trinajstić information content (AvgIpc) is 3.64. The van der Waals surface area contributed by atoms with Crippen LogP contribution in [0.5, 0.6) is 0 Å². The van der Waals surface area contributed by atoms with Crippen LogP contribution >= 0.6 is 11.6 Å². The fraction of sp³-hybridized carbons (Fsp3) is 0.304. The summed E-state index contributed by atoms with van der Waals surface area (Å²) < 4.78 is 38.2. The lowest BCUT2D eigenvalue weighted by Gasteiger charge is -2.20. The Bertz CT molecular complexity index is 1170. The van der Waals surface area contributed by atoms with Crippen molar-refractivity contribution in [1.29, 1.82) is 0 Å². The molecule has 0 saturated heterocycles. The summed E-state index contributed by atoms with van der Waals surface area (Å²) in [6.45, 7) is 0.0197. The number of aliphatic hydroxyl groups is 1. The van der Waals surface area contributed by atoms with Crippen LogP contribution in [0.1, 0.15) is 46.7 Å². The molecule has 0 aromatic carbocycles. The highest BCUT2D eigenvalue weighted by Crippen LogP contribution is 2.46. The van der Waals surface area contributed by atoms with Crippen molar-refractivity contribution in [3.63, 3.8) is 0 Å². The van der Waals surface area contributed by atoms with Crippen LogP contribution in [0.3, 0.4) is 0 Å². The van der Waals surface area contributed by atoms with E-state index in [4.69, 9.17) is 11.6 Å². The molecule has 11 heteroatoms. The van der Waals surface area contributed by atoms with Gasteiger partial charge in [0.1, 0.15) is 16.8 Å². The molecule has 7 nitrogen and oxygen atoms in total. The molecule has 178 valence electrons. The smallest absolute Gasteiger partial charge is 0.396 e. The predicted octanol–water partition coefficient (Wildman–Crippen LogP) is 5.42. The highest BCUT2D eigenvalue weighted by Gasteiger charge is 2.34. The fourth-order valence-corrected chi connectivity index (χ4v) is 3.91. The van der Waals surface area contributed by atoms with Gasteiger partial charge in [0.25, 0.3) is 5.91 Å². The second-order valence-electron chi connectivity index (χ2n) is 7.99. The Labute approximate surface area is 198 Å². The second kappa shape index (κ2) is 9.94. The van der Waals surface area contributed by atoms with Gasteiger partial charge >= 0.3 is 6.18 Å². The van der Waals surface area contributed by atoms with Crippen molar-refractivity contribution in [3.05, 3.63) is 70.8 Å². The minimum Gasteiger partial charge on any atom is -0.396 e. The van der Waals surface area contributed by atoms with Crippen molar-refractivity contribution < 1.29 is 23.1 Å². The molecule has 3 aromatic heterocycles. The monoisotopic (exact) mass is 491 g/mol. The van der Waals surface area contributed by atoms with Gasteiger partial charge in [-0.25, -0.2) is 15.0 Å². The van der Waals surface area contributed by atoms with E-state index in [1.165, 1.54) is 30.6 Å². The van der Waals surface area contributed by atoms with Crippen LogP contribution in [-0.4, -0.2) is 32.6 Å². The Morgan fingerprint density at radius 1 is 1.12 bits per heavy atom. The third-order valence-corrected chi connectivity index (χ3v) is 5.76. The van der Waals surface area contributed by atoms with Gasteiger partial charge in [-0.3, -0.25) is 4.79 Å². The lowest BCUT2D eigenvalue weighted by Crippen LogP contribution is -2.16. The van der Waals surface area contributed by atoms with Crippen molar-refractivity contribution in [2.24, 2.45) is 5.92 Å². The number of hydrogen-bond donors (Lipinski definition) is 3. The number of aliphatic hydroxyl groups excluding tert-OH is 1. The van der Waals surface area contributed by atoms with Gasteiger partial charge in [0.15, 0.2) is 0 Å². The summed E-state index contributed by atoms with van der Waals surface area (Å²) in [4.78, 5) is 24.9. The van der Waals surface area contributed by atoms with Crippen molar-refractivity contribution >= 4 is 34.8 Å². The molecule has 0 bridgehead atoms. The first kappa shape index (κ1) is 23.9. The molecule has 3 heterocycles. The molecule has 1 amide bonds. The van der Waals surface area contributed by atoms with Crippen molar-refractivity contribution in [2.45, 2.75) is 31.4 Å². The van der Waals surface area contributed by atoms with Crippen LogP contribution in [0, 0.1) is 5.92 Å². The van der Waals surface area contributed by atoms with Crippen LogP contribution in [0.25, 0.3) is 0 Å². The maximum atomic E-state index is 13.0. The summed E-state index contributed by atoms with van der Waals surface area (Å²) in [7, 11) is 0. The number of alkyl halides is 3. The second-order valence-corrected chi connectivity index (χ2v) is 8.38. The van der Waals surface area contributed by atoms with Gasteiger partial charge in [0, 0.05) is 24.6 Å². The quantitative estimate of drug-likeness (QED) is 0.364. The maximum Gasteiger partial charge on any atom is 0.417 e. The molecule has 1 saturated carbocycles. The predicted molar refractivity (Wildman–Crippen MR) is 121 cm³/mol. The van der Waals surface area contributed by atoms with E-state index < -0.39 is 17.6 Å². The summed E-state index contributed by atoms with van der Waals surface area (Å²) >= 11 is 6.10. The molecule has 1 atom stereocenters. The van der Waals surface area contributed by atoms with Gasteiger partial charge < -0.3 is 15.7 Å². The number of carbonyl (C=O) groups is 1. The molecule has 0 radical (unpaired) electrons. The topological polar surface area (TPSA) is 100 Å². The standard InChI is InChI=1S/C23H21ClF3N5O2/c24-19-10-17(16(6-8-33)13-1-2-13)18(12-29-19)31-22(34)14-5-7-28-21(9-14)32-20-4-3-15(11-30-20)23(25,26)27/h3-5,7,9-13,16,33H,1-2,6,8H2,(H,31,34)(H,28,30,32). The van der Waals surface area contributed by atoms with Crippen LogP contribution < -0.4 is 10.6 Å². The molecule has 4 rings (SSSR count). The van der Waals surface area contributed by atoms with E-state index in [0.29, 0.717) is 23.2 Å². The molecule has 34 heavy (non-hydrogen) atoms. The molecule has 0 spiro atoms. The molecular weight excluding hydrogens is 471 g/mol. The Morgan fingerprint density at radius 2 is 1.91 bits per heavy atom. The summed E-state index contributed by atoms with van der Waals surface area (Å²) in [5.41, 5.74) is 0.745. The maximum absolute atomic E-state index is 13.0. The molecule has 3 aromatic rings. The number of anilines is 3. The van der Waals surface area contributed by atoms with E-state index in [1.807, 2.05) is 0 Å². The molecule has 1 aliphatic carbocycles. The lowest BCUT2D eigenvalue weighted by atomic mass is 9.90. The largest absolute Gasteiger partial charge is 0.417 e. The van der Waals surface area contributed by atoms with E-state index >= 15 is 0 Å². The Morgan fingerprint density at radius 3 is 2.56 bits per heavy atom. The number of nitrogens with one attached hydrogen (secondary N) is 2. The lowest BCUT2D eigenvalue weighted by molar-refractivity contribution is -0.137. The third kappa shape index (κ3) is 5.81. The number of halogens is 4. The minimum absolute atomic E-state index is 0.0197. The normalized spacial score (nSPS) is 14.5. The van der Waals surface area contributed by atoms with E-state index in [0.717, 1.165) is 30.7 Å². The van der Waals surface area contributed by atoms with Crippen LogP contribution in [0.4, 0.5) is 30.5 Å². The van der Waals surface area contributed by atoms with Crippen molar-refractivity contribution in [3.8, 4) is 0 Å². The van der Waals surface area contributed by atoms with E-state index in [2.05, 4.69) is 25.6 Å². The number of hydrogen-bond acceptors (Lipinski definition) is 6. The van der Waals surface area contributed by atoms with E-state index in [9.17, 15) is 23.1 Å². The van der Waals surface area contributed by atoms with Gasteiger partial charge in [-0.1, -0.05) is 11.6 Å². The van der Waals surface area contributed by atoms with Crippen LogP contribution in [-0.2, 0) is 6.18 Å². The van der Waals surface area contributed by atoms with Crippen molar-refractivity contribution in [2.75, 3.05) is 17.2 Å². The molecular formula is C23H21ClF3N5O2. The Kier molecular flexibility index (Phi) is 6.99. The number of aromatic nitrogens is 3. The summed E-state index contributed by atoms with van der Waals surface area (Å²) in [6, 6.07) is 6.77. The third-order valence-electron chi connectivity index (χ3n) is 5.55. The van der Waals surface area contributed by atoms with Crippen LogP contribution in [0.2, 0.25) is 5.15 Å². The molecule has 1 aliphatic rings. The average molecular weight is 492 g/mol. The number of nitrogens with zero attached hydrogens (tertiary/aromatic N) is 3. The Balaban J connectivity index is 1.51. The molecule has 0 aliphatic heterocycles. The Hall–Kier alpha value is -3.24. The zero-order chi connectivity index (χ0) is 24.3. The van der Waals surface area contributed by atoms with Gasteiger partial charge in [0.2, 0.25) is 0 Å². The van der Waals surface area contributed by atoms with Gasteiger partial charge in [-0.05, 0) is 67.0 Å². The van der Waals surface area contributed by atoms with Crippen LogP contribution in [0.15, 0.2) is 48.9 Å². The number of carbonyl (C=O) groups excluding carboxylic acids is 1. The summed E-state index contributed by atoms with van der Waals surface area (Å²) in [5, 5.41) is 15.4. The number of rotatable bonds is 8.